The molecule has 8 nitrogen and oxygen atoms in total. The van der Waals surface area contributed by atoms with E-state index >= 15 is 0 Å². The predicted molar refractivity (Wildman–Crippen MR) is 181 cm³/mol. The highest BCUT2D eigenvalue weighted by Gasteiger charge is 2.35. The summed E-state index contributed by atoms with van der Waals surface area (Å²) < 4.78 is 19.2. The van der Waals surface area contributed by atoms with Crippen LogP contribution < -0.4 is 24.4 Å². The minimum absolute atomic E-state index is 0.176. The lowest BCUT2D eigenvalue weighted by atomic mass is 9.93. The van der Waals surface area contributed by atoms with Gasteiger partial charge >= 0.3 is 5.97 Å². The summed E-state index contributed by atoms with van der Waals surface area (Å²) in [6.45, 7) is 4.62. The molecule has 1 aliphatic heterocycles. The van der Waals surface area contributed by atoms with Crippen molar-refractivity contribution in [1.29, 1.82) is 5.26 Å². The lowest BCUT2D eigenvalue weighted by molar-refractivity contribution is -0.138. The molecule has 0 unspecified atom stereocenters. The van der Waals surface area contributed by atoms with Crippen molar-refractivity contribution in [2.24, 2.45) is 4.99 Å². The third kappa shape index (κ3) is 6.64. The number of hydrogen-bond donors (Lipinski definition) is 0. The number of carbonyl (C=O) groups excluding carboxylic acids is 1. The topological polar surface area (TPSA) is 103 Å². The molecule has 9 heteroatoms. The van der Waals surface area contributed by atoms with Crippen LogP contribution >= 0.6 is 11.3 Å². The second-order valence-corrected chi connectivity index (χ2v) is 11.6. The van der Waals surface area contributed by atoms with Gasteiger partial charge in [0, 0.05) is 11.1 Å². The minimum Gasteiger partial charge on any atom is -0.494 e. The molecular formula is C38H31N3O5S. The molecule has 2 heterocycles. The normalized spacial score (nSPS) is 14.1. The van der Waals surface area contributed by atoms with E-state index in [0.29, 0.717) is 44.3 Å². The first-order valence-corrected chi connectivity index (χ1v) is 16.0. The molecule has 0 amide bonds. The van der Waals surface area contributed by atoms with Gasteiger partial charge in [-0.2, -0.15) is 5.26 Å². The van der Waals surface area contributed by atoms with Crippen molar-refractivity contribution in [3.8, 4) is 17.6 Å². The van der Waals surface area contributed by atoms with E-state index in [2.05, 4.69) is 6.07 Å². The second-order valence-electron chi connectivity index (χ2n) is 10.6. The van der Waals surface area contributed by atoms with Gasteiger partial charge in [-0.05, 0) is 61.4 Å². The van der Waals surface area contributed by atoms with Crippen molar-refractivity contribution >= 4 is 29.1 Å². The standard InChI is InChI=1S/C38H31N3O5S/c1-3-44-30-20-16-27(17-21-30)35-33(37(43)45-4-2)34(26-10-6-5-7-11-26)40-38-41(35)36(42)32(47-38)22-25-14-18-31(19-15-25)46-24-29-13-9-8-12-28(29)23-39/h5-22,35H,3-4,24H2,1-2H3/b32-22+/t35-/m1/s1. The summed E-state index contributed by atoms with van der Waals surface area (Å²) in [4.78, 5) is 33.2. The molecule has 5 aromatic rings. The van der Waals surface area contributed by atoms with Crippen LogP contribution in [-0.2, 0) is 16.1 Å². The minimum atomic E-state index is -0.773. The van der Waals surface area contributed by atoms with E-state index in [1.54, 1.807) is 17.6 Å². The van der Waals surface area contributed by atoms with Crippen LogP contribution in [0.3, 0.4) is 0 Å². The molecule has 0 aliphatic carbocycles. The number of esters is 1. The molecule has 0 bridgehead atoms. The Morgan fingerprint density at radius 3 is 2.28 bits per heavy atom. The molecule has 0 radical (unpaired) electrons. The second kappa shape index (κ2) is 14.1. The average Bonchev–Trinajstić information content (AvgIpc) is 3.42. The summed E-state index contributed by atoms with van der Waals surface area (Å²) in [5.41, 5.74) is 4.14. The lowest BCUT2D eigenvalue weighted by Crippen LogP contribution is -2.40. The van der Waals surface area contributed by atoms with E-state index in [1.165, 1.54) is 11.3 Å². The molecule has 0 N–H and O–H groups in total. The van der Waals surface area contributed by atoms with E-state index in [9.17, 15) is 14.9 Å². The molecule has 1 aromatic heterocycles. The number of carbonyl (C=O) groups is 1. The number of rotatable bonds is 10. The van der Waals surface area contributed by atoms with Crippen molar-refractivity contribution in [2.75, 3.05) is 13.2 Å². The van der Waals surface area contributed by atoms with Crippen molar-refractivity contribution in [3.05, 3.63) is 156 Å². The number of hydrogen-bond acceptors (Lipinski definition) is 8. The Balaban J connectivity index is 1.42. The average molecular weight is 642 g/mol. The Morgan fingerprint density at radius 2 is 1.57 bits per heavy atom. The van der Waals surface area contributed by atoms with Gasteiger partial charge in [0.25, 0.3) is 5.56 Å². The predicted octanol–water partition coefficient (Wildman–Crippen LogP) is 5.78. The van der Waals surface area contributed by atoms with E-state index in [4.69, 9.17) is 19.2 Å². The molecule has 1 atom stereocenters. The van der Waals surface area contributed by atoms with E-state index in [-0.39, 0.29) is 18.8 Å². The van der Waals surface area contributed by atoms with Gasteiger partial charge in [-0.25, -0.2) is 9.79 Å². The highest BCUT2D eigenvalue weighted by Crippen LogP contribution is 2.35. The number of nitrogens with zero attached hydrogens (tertiary/aromatic N) is 3. The van der Waals surface area contributed by atoms with Gasteiger partial charge in [0.15, 0.2) is 4.80 Å². The maximum absolute atomic E-state index is 14.2. The van der Waals surface area contributed by atoms with Crippen molar-refractivity contribution in [1.82, 2.24) is 4.57 Å². The van der Waals surface area contributed by atoms with Crippen LogP contribution in [0.15, 0.2) is 118 Å². The summed E-state index contributed by atoms with van der Waals surface area (Å²) in [6.07, 6.45) is 1.81. The maximum atomic E-state index is 14.2. The van der Waals surface area contributed by atoms with Crippen LogP contribution in [-0.4, -0.2) is 23.8 Å². The Labute approximate surface area is 275 Å². The number of thiazole rings is 1. The Hall–Kier alpha value is -5.72. The number of ether oxygens (including phenoxy) is 3. The van der Waals surface area contributed by atoms with Crippen LogP contribution in [0.5, 0.6) is 11.5 Å². The van der Waals surface area contributed by atoms with Gasteiger partial charge in [0.2, 0.25) is 0 Å². The third-order valence-electron chi connectivity index (χ3n) is 7.59. The zero-order valence-electron chi connectivity index (χ0n) is 25.9. The highest BCUT2D eigenvalue weighted by molar-refractivity contribution is 7.07. The molecule has 1 aliphatic rings. The first-order valence-electron chi connectivity index (χ1n) is 15.2. The number of benzene rings is 4. The van der Waals surface area contributed by atoms with Crippen LogP contribution in [0, 0.1) is 11.3 Å². The van der Waals surface area contributed by atoms with Crippen molar-refractivity contribution in [3.63, 3.8) is 0 Å². The fourth-order valence-corrected chi connectivity index (χ4v) is 6.40. The van der Waals surface area contributed by atoms with Crippen molar-refractivity contribution in [2.45, 2.75) is 26.5 Å². The van der Waals surface area contributed by atoms with E-state index < -0.39 is 12.0 Å². The van der Waals surface area contributed by atoms with Gasteiger partial charge in [-0.15, -0.1) is 0 Å². The molecule has 0 spiro atoms. The monoisotopic (exact) mass is 641 g/mol. The highest BCUT2D eigenvalue weighted by atomic mass is 32.1. The molecule has 0 fully saturated rings. The Bertz CT molecular complexity index is 2160. The zero-order valence-corrected chi connectivity index (χ0v) is 26.7. The number of aromatic nitrogens is 1. The number of nitriles is 1. The third-order valence-corrected chi connectivity index (χ3v) is 8.57. The smallest absolute Gasteiger partial charge is 0.338 e. The van der Waals surface area contributed by atoms with Crippen LogP contribution in [0.4, 0.5) is 0 Å². The van der Waals surface area contributed by atoms with E-state index in [1.807, 2.05) is 110 Å². The molecule has 234 valence electrons. The largest absolute Gasteiger partial charge is 0.494 e. The summed E-state index contributed by atoms with van der Waals surface area (Å²) in [7, 11) is 0. The lowest BCUT2D eigenvalue weighted by Gasteiger charge is -2.26. The van der Waals surface area contributed by atoms with Crippen molar-refractivity contribution < 1.29 is 19.0 Å². The molecule has 4 aromatic carbocycles. The fourth-order valence-electron chi connectivity index (χ4n) is 5.40. The zero-order chi connectivity index (χ0) is 32.8. The number of fused-ring (bicyclic) bond motifs is 1. The summed E-state index contributed by atoms with van der Waals surface area (Å²) in [5, 5.41) is 9.35. The van der Waals surface area contributed by atoms with E-state index in [0.717, 1.165) is 22.3 Å². The van der Waals surface area contributed by atoms with Gasteiger partial charge < -0.3 is 14.2 Å². The van der Waals surface area contributed by atoms with Crippen LogP contribution in [0.25, 0.3) is 11.8 Å². The van der Waals surface area contributed by atoms with Crippen LogP contribution in [0.2, 0.25) is 0 Å². The SMILES string of the molecule is CCOC(=O)C1=C(c2ccccc2)N=c2s/c(=C/c3ccc(OCc4ccccc4C#N)cc3)c(=O)n2[C@@H]1c1ccc(OCC)cc1. The van der Waals surface area contributed by atoms with Gasteiger partial charge in [0.05, 0.1) is 46.7 Å². The maximum Gasteiger partial charge on any atom is 0.338 e. The Morgan fingerprint density at radius 1 is 0.894 bits per heavy atom. The summed E-state index contributed by atoms with van der Waals surface area (Å²) in [6, 6.07) is 33.0. The first-order chi connectivity index (χ1) is 23.0. The quantitative estimate of drug-likeness (QED) is 0.179. The van der Waals surface area contributed by atoms with Crippen LogP contribution in [0.1, 0.15) is 47.7 Å². The summed E-state index contributed by atoms with van der Waals surface area (Å²) >= 11 is 1.26. The van der Waals surface area contributed by atoms with Gasteiger partial charge in [0.1, 0.15) is 18.1 Å². The summed E-state index contributed by atoms with van der Waals surface area (Å²) in [5.74, 6) is 0.796. The molecule has 47 heavy (non-hydrogen) atoms. The Kier molecular flexibility index (Phi) is 9.41. The van der Waals surface area contributed by atoms with Gasteiger partial charge in [-0.3, -0.25) is 9.36 Å². The fraction of sp³-hybridized carbons (Fsp3) is 0.158. The molecule has 0 saturated heterocycles. The first kappa shape index (κ1) is 31.3. The molecule has 6 rings (SSSR count). The molecular weight excluding hydrogens is 611 g/mol. The molecule has 0 saturated carbocycles. The van der Waals surface area contributed by atoms with Gasteiger partial charge in [-0.1, -0.05) is 84.1 Å².